The molecule has 1 aliphatic rings. The molecule has 0 spiro atoms. The topological polar surface area (TPSA) is 47.3 Å². The molecule has 0 bridgehead atoms. The first kappa shape index (κ1) is 15.1. The Labute approximate surface area is 122 Å². The summed E-state index contributed by atoms with van der Waals surface area (Å²) in [4.78, 5) is 0. The van der Waals surface area contributed by atoms with E-state index in [0.29, 0.717) is 11.8 Å². The average molecular weight is 274 g/mol. The Morgan fingerprint density at radius 3 is 2.60 bits per heavy atom. The van der Waals surface area contributed by atoms with Crippen molar-refractivity contribution in [2.75, 3.05) is 6.61 Å². The Balaban J connectivity index is 2.31. The van der Waals surface area contributed by atoms with Crippen molar-refractivity contribution in [2.24, 2.45) is 11.8 Å². The zero-order valence-electron chi connectivity index (χ0n) is 12.5. The average Bonchev–Trinajstić information content (AvgIpc) is 2.53. The highest BCUT2D eigenvalue weighted by Crippen LogP contribution is 2.34. The number of allylic oxidation sites excluding steroid dienone is 1. The molecule has 0 fully saturated rings. The second kappa shape index (κ2) is 7.46. The summed E-state index contributed by atoms with van der Waals surface area (Å²) in [7, 11) is 0. The number of hydrogen-bond acceptors (Lipinski definition) is 3. The highest BCUT2D eigenvalue weighted by Gasteiger charge is 2.31. The van der Waals surface area contributed by atoms with E-state index in [0.717, 1.165) is 31.6 Å². The van der Waals surface area contributed by atoms with Gasteiger partial charge in [0.15, 0.2) is 0 Å². The number of ether oxygens (including phenoxy) is 1. The molecule has 0 aromatic heterocycles. The highest BCUT2D eigenvalue weighted by molar-refractivity contribution is 5.26. The third-order valence-corrected chi connectivity index (χ3v) is 4.25. The monoisotopic (exact) mass is 274 g/mol. The first-order valence-corrected chi connectivity index (χ1v) is 7.61. The van der Waals surface area contributed by atoms with Crippen LogP contribution < -0.4 is 11.3 Å². The van der Waals surface area contributed by atoms with Crippen LogP contribution in [0.3, 0.4) is 0 Å². The first-order chi connectivity index (χ1) is 9.77. The molecule has 0 radical (unpaired) electrons. The maximum absolute atomic E-state index is 5.86. The fraction of sp³-hybridized carbons (Fsp3) is 0.529. The van der Waals surface area contributed by atoms with E-state index in [-0.39, 0.29) is 6.04 Å². The van der Waals surface area contributed by atoms with Crippen LogP contribution in [0.4, 0.5) is 0 Å². The van der Waals surface area contributed by atoms with Crippen LogP contribution in [0.1, 0.15) is 44.6 Å². The van der Waals surface area contributed by atoms with Gasteiger partial charge >= 0.3 is 0 Å². The molecule has 2 rings (SSSR count). The standard InChI is InChI=1S/C17H26N2O/c1-3-13(2)16(14-9-5-4-6-10-14)17(19-18)15-11-7-8-12-20-15/h4-6,9-11,13,16-17,19H,3,7-8,12,18H2,1-2H3. The van der Waals surface area contributed by atoms with E-state index in [2.05, 4.69) is 55.7 Å². The lowest BCUT2D eigenvalue weighted by molar-refractivity contribution is 0.152. The number of nitrogens with one attached hydrogen (secondary N) is 1. The molecule has 3 heteroatoms. The van der Waals surface area contributed by atoms with Gasteiger partial charge in [0.2, 0.25) is 0 Å². The van der Waals surface area contributed by atoms with Crippen molar-refractivity contribution in [3.8, 4) is 0 Å². The number of rotatable bonds is 6. The molecule has 20 heavy (non-hydrogen) atoms. The normalized spacial score (nSPS) is 19.6. The Morgan fingerprint density at radius 1 is 1.30 bits per heavy atom. The van der Waals surface area contributed by atoms with Crippen LogP contribution in [0.15, 0.2) is 42.2 Å². The summed E-state index contributed by atoms with van der Waals surface area (Å²) in [6.45, 7) is 5.31. The Hall–Kier alpha value is -1.32. The molecule has 1 aromatic carbocycles. The lowest BCUT2D eigenvalue weighted by Gasteiger charge is -2.34. The summed E-state index contributed by atoms with van der Waals surface area (Å²) in [5, 5.41) is 0. The van der Waals surface area contributed by atoms with Crippen molar-refractivity contribution < 1.29 is 4.74 Å². The second-order valence-electron chi connectivity index (χ2n) is 5.56. The fourth-order valence-corrected chi connectivity index (χ4v) is 2.93. The van der Waals surface area contributed by atoms with Crippen molar-refractivity contribution in [3.63, 3.8) is 0 Å². The van der Waals surface area contributed by atoms with Crippen molar-refractivity contribution in [1.82, 2.24) is 5.43 Å². The van der Waals surface area contributed by atoms with Gasteiger partial charge in [0.25, 0.3) is 0 Å². The van der Waals surface area contributed by atoms with Gasteiger partial charge < -0.3 is 4.74 Å². The third-order valence-electron chi connectivity index (χ3n) is 4.25. The molecule has 0 saturated heterocycles. The van der Waals surface area contributed by atoms with Crippen LogP contribution in [0.25, 0.3) is 0 Å². The molecule has 1 heterocycles. The smallest absolute Gasteiger partial charge is 0.111 e. The van der Waals surface area contributed by atoms with Crippen molar-refractivity contribution in [3.05, 3.63) is 47.7 Å². The maximum atomic E-state index is 5.86. The Morgan fingerprint density at radius 2 is 2.05 bits per heavy atom. The van der Waals surface area contributed by atoms with Gasteiger partial charge in [0, 0.05) is 5.92 Å². The SMILES string of the molecule is CCC(C)C(c1ccccc1)C(NN)C1=CCCCO1. The minimum atomic E-state index is 0.0487. The van der Waals surface area contributed by atoms with Crippen LogP contribution in [0.2, 0.25) is 0 Å². The lowest BCUT2D eigenvalue weighted by Crippen LogP contribution is -2.44. The van der Waals surface area contributed by atoms with Gasteiger partial charge in [-0.1, -0.05) is 50.6 Å². The number of hydrogen-bond donors (Lipinski definition) is 2. The van der Waals surface area contributed by atoms with Crippen molar-refractivity contribution >= 4 is 0 Å². The lowest BCUT2D eigenvalue weighted by atomic mass is 9.79. The molecule has 0 saturated carbocycles. The highest BCUT2D eigenvalue weighted by atomic mass is 16.5. The van der Waals surface area contributed by atoms with Crippen LogP contribution in [0, 0.1) is 5.92 Å². The minimum Gasteiger partial charge on any atom is -0.497 e. The third kappa shape index (κ3) is 3.41. The van der Waals surface area contributed by atoms with Crippen LogP contribution in [-0.2, 0) is 4.74 Å². The summed E-state index contributed by atoms with van der Waals surface area (Å²) in [5.41, 5.74) is 4.31. The van der Waals surface area contributed by atoms with Crippen LogP contribution >= 0.6 is 0 Å². The minimum absolute atomic E-state index is 0.0487. The zero-order valence-corrected chi connectivity index (χ0v) is 12.5. The second-order valence-corrected chi connectivity index (χ2v) is 5.56. The van der Waals surface area contributed by atoms with Gasteiger partial charge in [-0.25, -0.2) is 5.43 Å². The zero-order chi connectivity index (χ0) is 14.4. The van der Waals surface area contributed by atoms with Gasteiger partial charge in [0.1, 0.15) is 5.76 Å². The number of nitrogens with two attached hydrogens (primary N) is 1. The summed E-state index contributed by atoms with van der Waals surface area (Å²) >= 11 is 0. The quantitative estimate of drug-likeness (QED) is 0.618. The van der Waals surface area contributed by atoms with Crippen molar-refractivity contribution in [2.45, 2.75) is 45.1 Å². The largest absolute Gasteiger partial charge is 0.497 e. The number of benzene rings is 1. The van der Waals surface area contributed by atoms with E-state index in [4.69, 9.17) is 10.6 Å². The summed E-state index contributed by atoms with van der Waals surface area (Å²) < 4.78 is 5.85. The molecule has 3 N–H and O–H groups in total. The summed E-state index contributed by atoms with van der Waals surface area (Å²) in [6, 6.07) is 10.7. The molecule has 3 unspecified atom stereocenters. The Bertz CT molecular complexity index is 430. The molecule has 3 nitrogen and oxygen atoms in total. The van der Waals surface area contributed by atoms with Gasteiger partial charge in [-0.2, -0.15) is 0 Å². The number of hydrazine groups is 1. The first-order valence-electron chi connectivity index (χ1n) is 7.61. The van der Waals surface area contributed by atoms with E-state index in [9.17, 15) is 0 Å². The van der Waals surface area contributed by atoms with Gasteiger partial charge in [0.05, 0.1) is 12.6 Å². The Kier molecular flexibility index (Phi) is 5.62. The molecule has 1 aromatic rings. The molecular weight excluding hydrogens is 248 g/mol. The van der Waals surface area contributed by atoms with Gasteiger partial charge in [-0.05, 0) is 30.4 Å². The van der Waals surface area contributed by atoms with E-state index in [1.54, 1.807) is 0 Å². The predicted molar refractivity (Wildman–Crippen MR) is 83.0 cm³/mol. The molecule has 110 valence electrons. The molecule has 3 atom stereocenters. The molecule has 1 aliphatic heterocycles. The fourth-order valence-electron chi connectivity index (χ4n) is 2.93. The molecule has 0 aliphatic carbocycles. The predicted octanol–water partition coefficient (Wildman–Crippen LogP) is 3.34. The maximum Gasteiger partial charge on any atom is 0.111 e. The van der Waals surface area contributed by atoms with Gasteiger partial charge in [-0.3, -0.25) is 5.84 Å². The van der Waals surface area contributed by atoms with E-state index in [1.807, 2.05) is 0 Å². The summed E-state index contributed by atoms with van der Waals surface area (Å²) in [6.07, 6.45) is 5.48. The van der Waals surface area contributed by atoms with E-state index in [1.165, 1.54) is 5.56 Å². The van der Waals surface area contributed by atoms with Crippen LogP contribution in [-0.4, -0.2) is 12.6 Å². The van der Waals surface area contributed by atoms with E-state index >= 15 is 0 Å². The van der Waals surface area contributed by atoms with E-state index < -0.39 is 0 Å². The van der Waals surface area contributed by atoms with Crippen LogP contribution in [0.5, 0.6) is 0 Å². The van der Waals surface area contributed by atoms with Crippen molar-refractivity contribution in [1.29, 1.82) is 0 Å². The summed E-state index contributed by atoms with van der Waals surface area (Å²) in [5.74, 6) is 7.73. The van der Waals surface area contributed by atoms with Gasteiger partial charge in [-0.15, -0.1) is 0 Å². The molecular formula is C17H26N2O. The molecule has 0 amide bonds.